The second-order valence-corrected chi connectivity index (χ2v) is 7.19. The van der Waals surface area contributed by atoms with Crippen molar-refractivity contribution in [3.05, 3.63) is 120 Å². The molecule has 30 heavy (non-hydrogen) atoms. The quantitative estimate of drug-likeness (QED) is 0.571. The van der Waals surface area contributed by atoms with E-state index in [1.54, 1.807) is 7.11 Å². The zero-order valence-corrected chi connectivity index (χ0v) is 17.1. The summed E-state index contributed by atoms with van der Waals surface area (Å²) in [6.45, 7) is 1.48. The molecular weight excluding hydrogens is 370 g/mol. The molecule has 0 N–H and O–H groups in total. The molecule has 0 bridgehead atoms. The van der Waals surface area contributed by atoms with E-state index < -0.39 is 5.60 Å². The summed E-state index contributed by atoms with van der Waals surface area (Å²) in [6, 6.07) is 30.1. The van der Waals surface area contributed by atoms with Gasteiger partial charge in [-0.15, -0.1) is 0 Å². The number of rotatable bonds is 4. The molecule has 3 nitrogen and oxygen atoms in total. The molecule has 3 aromatic carbocycles. The minimum Gasteiger partial charge on any atom is -0.365 e. The summed E-state index contributed by atoms with van der Waals surface area (Å²) < 4.78 is 6.13. The standard InChI is InChI=1S/C27H23NO2/c1-20(29)28-26-24(21-12-6-3-7-13-21)18-27(30-2,23-16-10-5-11-17-23)19-25(26)22-14-8-4-9-15-22/h3-19H,1-2H3. The number of hydrogen-bond acceptors (Lipinski definition) is 2. The van der Waals surface area contributed by atoms with Crippen molar-refractivity contribution in [2.75, 3.05) is 7.11 Å². The van der Waals surface area contributed by atoms with Crippen LogP contribution < -0.4 is 0 Å². The van der Waals surface area contributed by atoms with E-state index in [-0.39, 0.29) is 5.91 Å². The molecule has 0 aliphatic heterocycles. The van der Waals surface area contributed by atoms with Crippen molar-refractivity contribution in [1.29, 1.82) is 0 Å². The Labute approximate surface area is 177 Å². The highest BCUT2D eigenvalue weighted by Crippen LogP contribution is 2.41. The first-order valence-electron chi connectivity index (χ1n) is 9.90. The summed E-state index contributed by atoms with van der Waals surface area (Å²) >= 11 is 0. The van der Waals surface area contributed by atoms with Gasteiger partial charge in [-0.1, -0.05) is 91.0 Å². The fourth-order valence-corrected chi connectivity index (χ4v) is 3.81. The number of nitrogens with zero attached hydrogens (tertiary/aromatic N) is 1. The summed E-state index contributed by atoms with van der Waals surface area (Å²) in [4.78, 5) is 16.5. The summed E-state index contributed by atoms with van der Waals surface area (Å²) in [6.07, 6.45) is 4.12. The van der Waals surface area contributed by atoms with E-state index in [2.05, 4.69) is 29.3 Å². The molecule has 0 heterocycles. The Morgan fingerprint density at radius 1 is 0.733 bits per heavy atom. The highest BCUT2D eigenvalue weighted by Gasteiger charge is 2.35. The van der Waals surface area contributed by atoms with Crippen LogP contribution in [0, 0.1) is 0 Å². The van der Waals surface area contributed by atoms with Crippen molar-refractivity contribution in [2.24, 2.45) is 4.99 Å². The van der Waals surface area contributed by atoms with Crippen molar-refractivity contribution in [1.82, 2.24) is 0 Å². The second-order valence-electron chi connectivity index (χ2n) is 7.19. The van der Waals surface area contributed by atoms with Crippen LogP contribution in [-0.2, 0) is 15.1 Å². The van der Waals surface area contributed by atoms with Crippen LogP contribution in [-0.4, -0.2) is 18.7 Å². The van der Waals surface area contributed by atoms with Crippen molar-refractivity contribution < 1.29 is 9.53 Å². The maximum absolute atomic E-state index is 12.1. The molecule has 1 aliphatic carbocycles. The molecule has 0 atom stereocenters. The summed E-state index contributed by atoms with van der Waals surface area (Å²) in [5, 5.41) is 0. The molecule has 1 amide bonds. The van der Waals surface area contributed by atoms with Gasteiger partial charge in [-0.3, -0.25) is 4.79 Å². The first kappa shape index (κ1) is 19.7. The molecule has 3 heteroatoms. The SMILES string of the molecule is COC1(c2ccccc2)C=C(c2ccccc2)C(=NC(C)=O)C(c2ccccc2)=C1. The van der Waals surface area contributed by atoms with Gasteiger partial charge in [0.2, 0.25) is 5.91 Å². The Morgan fingerprint density at radius 2 is 1.17 bits per heavy atom. The monoisotopic (exact) mass is 393 g/mol. The second kappa shape index (κ2) is 8.44. The Kier molecular flexibility index (Phi) is 5.55. The predicted molar refractivity (Wildman–Crippen MR) is 122 cm³/mol. The van der Waals surface area contributed by atoms with Crippen LogP contribution in [0.5, 0.6) is 0 Å². The van der Waals surface area contributed by atoms with Crippen molar-refractivity contribution in [3.63, 3.8) is 0 Å². The molecule has 0 unspecified atom stereocenters. The average Bonchev–Trinajstić information content (AvgIpc) is 2.81. The third-order valence-electron chi connectivity index (χ3n) is 5.23. The van der Waals surface area contributed by atoms with Crippen LogP contribution in [0.2, 0.25) is 0 Å². The van der Waals surface area contributed by atoms with Crippen LogP contribution in [0.1, 0.15) is 23.6 Å². The van der Waals surface area contributed by atoms with Gasteiger partial charge in [-0.2, -0.15) is 0 Å². The molecule has 3 aromatic rings. The average molecular weight is 393 g/mol. The van der Waals surface area contributed by atoms with Gasteiger partial charge in [-0.25, -0.2) is 4.99 Å². The van der Waals surface area contributed by atoms with E-state index in [0.717, 1.165) is 27.8 Å². The van der Waals surface area contributed by atoms with E-state index in [9.17, 15) is 4.79 Å². The Hall–Kier alpha value is -3.56. The van der Waals surface area contributed by atoms with Crippen LogP contribution in [0.3, 0.4) is 0 Å². The van der Waals surface area contributed by atoms with Gasteiger partial charge in [0.05, 0.1) is 5.71 Å². The highest BCUT2D eigenvalue weighted by molar-refractivity contribution is 6.47. The number of benzene rings is 3. The fraction of sp³-hybridized carbons (Fsp3) is 0.111. The van der Waals surface area contributed by atoms with Crippen LogP contribution in [0.4, 0.5) is 0 Å². The molecule has 0 saturated heterocycles. The Morgan fingerprint density at radius 3 is 1.57 bits per heavy atom. The maximum atomic E-state index is 12.1. The third-order valence-corrected chi connectivity index (χ3v) is 5.23. The minimum atomic E-state index is -0.784. The number of aliphatic imine (C=N–C) groups is 1. The number of amides is 1. The number of carbonyl (C=O) groups is 1. The molecule has 0 aromatic heterocycles. The number of ether oxygens (including phenoxy) is 1. The van der Waals surface area contributed by atoms with Crippen molar-refractivity contribution in [2.45, 2.75) is 12.5 Å². The lowest BCUT2D eigenvalue weighted by atomic mass is 9.78. The number of methoxy groups -OCH3 is 1. The first-order chi connectivity index (χ1) is 14.6. The maximum Gasteiger partial charge on any atom is 0.243 e. The van der Waals surface area contributed by atoms with Gasteiger partial charge in [-0.05, 0) is 28.8 Å². The van der Waals surface area contributed by atoms with E-state index in [1.807, 2.05) is 78.9 Å². The largest absolute Gasteiger partial charge is 0.365 e. The molecule has 0 radical (unpaired) electrons. The fourth-order valence-electron chi connectivity index (χ4n) is 3.81. The van der Waals surface area contributed by atoms with Gasteiger partial charge in [0, 0.05) is 25.2 Å². The van der Waals surface area contributed by atoms with E-state index >= 15 is 0 Å². The van der Waals surface area contributed by atoms with E-state index in [0.29, 0.717) is 5.71 Å². The van der Waals surface area contributed by atoms with Gasteiger partial charge >= 0.3 is 0 Å². The van der Waals surface area contributed by atoms with Crippen LogP contribution >= 0.6 is 0 Å². The summed E-state index contributed by atoms with van der Waals surface area (Å²) in [7, 11) is 1.71. The van der Waals surface area contributed by atoms with E-state index in [4.69, 9.17) is 4.74 Å². The Bertz CT molecular complexity index is 1070. The zero-order valence-electron chi connectivity index (χ0n) is 17.1. The lowest BCUT2D eigenvalue weighted by Gasteiger charge is -2.34. The molecule has 0 fully saturated rings. The number of allylic oxidation sites excluding steroid dienone is 2. The van der Waals surface area contributed by atoms with Crippen molar-refractivity contribution >= 4 is 22.8 Å². The van der Waals surface area contributed by atoms with Gasteiger partial charge < -0.3 is 4.74 Å². The normalized spacial score (nSPS) is 18.4. The van der Waals surface area contributed by atoms with Gasteiger partial charge in [0.25, 0.3) is 0 Å². The number of hydrogen-bond donors (Lipinski definition) is 0. The number of carbonyl (C=O) groups excluding carboxylic acids is 1. The molecule has 4 rings (SSSR count). The molecular formula is C27H23NO2. The van der Waals surface area contributed by atoms with E-state index in [1.165, 1.54) is 6.92 Å². The van der Waals surface area contributed by atoms with Crippen molar-refractivity contribution in [3.8, 4) is 0 Å². The molecule has 1 aliphatic rings. The minimum absolute atomic E-state index is 0.238. The summed E-state index contributed by atoms with van der Waals surface area (Å²) in [5.74, 6) is -0.238. The van der Waals surface area contributed by atoms with Crippen LogP contribution in [0.25, 0.3) is 11.1 Å². The van der Waals surface area contributed by atoms with Gasteiger partial charge in [0.15, 0.2) is 0 Å². The lowest BCUT2D eigenvalue weighted by Crippen LogP contribution is -2.30. The first-order valence-corrected chi connectivity index (χ1v) is 9.90. The topological polar surface area (TPSA) is 38.7 Å². The summed E-state index contributed by atoms with van der Waals surface area (Å²) in [5.41, 5.74) is 4.59. The smallest absolute Gasteiger partial charge is 0.243 e. The lowest BCUT2D eigenvalue weighted by molar-refractivity contribution is -0.115. The Balaban J connectivity index is 2.04. The van der Waals surface area contributed by atoms with Crippen LogP contribution in [0.15, 0.2) is 108 Å². The predicted octanol–water partition coefficient (Wildman–Crippen LogP) is 5.70. The molecule has 0 saturated carbocycles. The highest BCUT2D eigenvalue weighted by atomic mass is 16.5. The third kappa shape index (κ3) is 3.80. The molecule has 148 valence electrons. The van der Waals surface area contributed by atoms with Gasteiger partial charge in [0.1, 0.15) is 5.60 Å². The molecule has 0 spiro atoms. The zero-order chi connectivity index (χ0) is 21.0.